The second kappa shape index (κ2) is 9.99. The SMILES string of the molecule is CC(CCl)c1ccc([N+](=O)[O-])c(OC(=O)OCC(CC(F)(F)F)CC(F)(F)F)c1. The van der Waals surface area contributed by atoms with E-state index in [0.717, 1.165) is 12.1 Å². The first-order valence-corrected chi connectivity index (χ1v) is 8.57. The first-order valence-electron chi connectivity index (χ1n) is 8.04. The van der Waals surface area contributed by atoms with E-state index in [1.54, 1.807) is 6.92 Å². The van der Waals surface area contributed by atoms with Crippen LogP contribution in [0.5, 0.6) is 5.75 Å². The maximum atomic E-state index is 12.4. The van der Waals surface area contributed by atoms with Crippen LogP contribution in [0.4, 0.5) is 36.8 Å². The maximum Gasteiger partial charge on any atom is 0.514 e. The Morgan fingerprint density at radius 2 is 1.72 bits per heavy atom. The van der Waals surface area contributed by atoms with Gasteiger partial charge in [-0.05, 0) is 17.5 Å². The molecule has 6 nitrogen and oxygen atoms in total. The topological polar surface area (TPSA) is 78.7 Å². The van der Waals surface area contributed by atoms with Gasteiger partial charge < -0.3 is 9.47 Å². The number of nitrogens with zero attached hydrogens (tertiary/aromatic N) is 1. The number of nitro groups is 1. The van der Waals surface area contributed by atoms with E-state index in [4.69, 9.17) is 11.6 Å². The van der Waals surface area contributed by atoms with Crippen molar-refractivity contribution in [3.8, 4) is 5.75 Å². The number of halogens is 7. The van der Waals surface area contributed by atoms with Crippen molar-refractivity contribution in [2.24, 2.45) is 5.92 Å². The third-order valence-electron chi connectivity index (χ3n) is 3.65. The molecule has 0 aliphatic heterocycles. The predicted octanol–water partition coefficient (Wildman–Crippen LogP) is 5.97. The van der Waals surface area contributed by atoms with Crippen LogP contribution in [0.1, 0.15) is 31.2 Å². The van der Waals surface area contributed by atoms with Crippen LogP contribution in [-0.2, 0) is 4.74 Å². The lowest BCUT2D eigenvalue weighted by molar-refractivity contribution is -0.385. The van der Waals surface area contributed by atoms with E-state index in [0.29, 0.717) is 5.56 Å². The van der Waals surface area contributed by atoms with Gasteiger partial charge in [0.2, 0.25) is 5.75 Å². The molecule has 0 saturated carbocycles. The molecule has 29 heavy (non-hydrogen) atoms. The molecule has 0 aliphatic carbocycles. The zero-order valence-corrected chi connectivity index (χ0v) is 15.6. The predicted molar refractivity (Wildman–Crippen MR) is 89.0 cm³/mol. The van der Waals surface area contributed by atoms with Gasteiger partial charge in [-0.25, -0.2) is 4.79 Å². The summed E-state index contributed by atoms with van der Waals surface area (Å²) in [6.45, 7) is 0.443. The second-order valence-corrected chi connectivity index (χ2v) is 6.52. The first kappa shape index (κ1) is 24.8. The van der Waals surface area contributed by atoms with E-state index in [2.05, 4.69) is 9.47 Å². The smallest absolute Gasteiger partial charge is 0.434 e. The summed E-state index contributed by atoms with van der Waals surface area (Å²) in [5.74, 6) is -2.80. The Morgan fingerprint density at radius 1 is 1.17 bits per heavy atom. The molecule has 0 spiro atoms. The van der Waals surface area contributed by atoms with Crippen molar-refractivity contribution in [2.45, 2.75) is 38.0 Å². The minimum atomic E-state index is -4.91. The van der Waals surface area contributed by atoms with Crippen LogP contribution in [0.15, 0.2) is 18.2 Å². The first-order chi connectivity index (χ1) is 13.2. The van der Waals surface area contributed by atoms with Crippen LogP contribution >= 0.6 is 11.6 Å². The third kappa shape index (κ3) is 9.20. The second-order valence-electron chi connectivity index (χ2n) is 6.21. The number of ether oxygens (including phenoxy) is 2. The van der Waals surface area contributed by atoms with Gasteiger partial charge in [-0.15, -0.1) is 11.6 Å². The van der Waals surface area contributed by atoms with Crippen LogP contribution in [-0.4, -0.2) is 35.9 Å². The zero-order valence-electron chi connectivity index (χ0n) is 14.8. The van der Waals surface area contributed by atoms with Crippen LogP contribution in [0.2, 0.25) is 0 Å². The van der Waals surface area contributed by atoms with Gasteiger partial charge in [0.15, 0.2) is 0 Å². The summed E-state index contributed by atoms with van der Waals surface area (Å²) < 4.78 is 83.5. The van der Waals surface area contributed by atoms with Crippen molar-refractivity contribution >= 4 is 23.4 Å². The molecule has 0 heterocycles. The summed E-state index contributed by atoms with van der Waals surface area (Å²) in [5.41, 5.74) is -0.185. The molecule has 0 bridgehead atoms. The van der Waals surface area contributed by atoms with E-state index in [1.165, 1.54) is 6.07 Å². The minimum absolute atomic E-state index is 0.137. The van der Waals surface area contributed by atoms with E-state index >= 15 is 0 Å². The Balaban J connectivity index is 2.90. The van der Waals surface area contributed by atoms with E-state index in [-0.39, 0.29) is 11.8 Å². The fraction of sp³-hybridized carbons (Fsp3) is 0.562. The van der Waals surface area contributed by atoms with Gasteiger partial charge in [-0.1, -0.05) is 13.0 Å². The van der Waals surface area contributed by atoms with Crippen molar-refractivity contribution in [2.75, 3.05) is 12.5 Å². The van der Waals surface area contributed by atoms with Crippen molar-refractivity contribution in [1.29, 1.82) is 0 Å². The summed E-state index contributed by atoms with van der Waals surface area (Å²) in [6.07, 6.45) is -15.1. The summed E-state index contributed by atoms with van der Waals surface area (Å²) in [6, 6.07) is 3.51. The van der Waals surface area contributed by atoms with Gasteiger partial charge >= 0.3 is 24.2 Å². The fourth-order valence-electron chi connectivity index (χ4n) is 2.31. The summed E-state index contributed by atoms with van der Waals surface area (Å²) in [7, 11) is 0. The van der Waals surface area contributed by atoms with Crippen molar-refractivity contribution in [3.63, 3.8) is 0 Å². The molecule has 1 unspecified atom stereocenters. The van der Waals surface area contributed by atoms with Gasteiger partial charge in [0, 0.05) is 30.7 Å². The van der Waals surface area contributed by atoms with Crippen molar-refractivity contribution in [1.82, 2.24) is 0 Å². The standard InChI is InChI=1S/C16H16ClF6NO5/c1-9(7-17)11-2-3-12(24(26)27)13(4-11)29-14(25)28-8-10(5-15(18,19)20)6-16(21,22)23/h2-4,9-10H,5-8H2,1H3. The number of carbonyl (C=O) groups excluding carboxylic acids is 1. The summed E-state index contributed by atoms with van der Waals surface area (Å²) in [5, 5.41) is 11.0. The van der Waals surface area contributed by atoms with Gasteiger partial charge in [-0.3, -0.25) is 10.1 Å². The van der Waals surface area contributed by atoms with E-state index in [1.807, 2.05) is 0 Å². The third-order valence-corrected chi connectivity index (χ3v) is 4.11. The Morgan fingerprint density at radius 3 is 2.17 bits per heavy atom. The Hall–Kier alpha value is -2.24. The van der Waals surface area contributed by atoms with Crippen LogP contribution in [0.25, 0.3) is 0 Å². The molecular formula is C16H16ClF6NO5. The molecule has 13 heteroatoms. The lowest BCUT2D eigenvalue weighted by Gasteiger charge is -2.19. The largest absolute Gasteiger partial charge is 0.514 e. The highest BCUT2D eigenvalue weighted by Crippen LogP contribution is 2.34. The van der Waals surface area contributed by atoms with Gasteiger partial charge in [0.1, 0.15) is 0 Å². The number of hydrogen-bond acceptors (Lipinski definition) is 5. The number of carbonyl (C=O) groups is 1. The molecule has 0 aliphatic rings. The molecule has 1 rings (SSSR count). The summed E-state index contributed by atoms with van der Waals surface area (Å²) >= 11 is 5.69. The molecule has 0 saturated heterocycles. The molecule has 0 N–H and O–H groups in total. The Labute approximate surface area is 165 Å². The summed E-state index contributed by atoms with van der Waals surface area (Å²) in [4.78, 5) is 21.9. The number of benzene rings is 1. The maximum absolute atomic E-state index is 12.4. The molecule has 1 aromatic rings. The average Bonchev–Trinajstić information content (AvgIpc) is 2.56. The normalized spacial score (nSPS) is 13.3. The molecule has 0 amide bonds. The van der Waals surface area contributed by atoms with Gasteiger partial charge in [-0.2, -0.15) is 26.3 Å². The number of nitro benzene ring substituents is 1. The zero-order chi connectivity index (χ0) is 22.4. The van der Waals surface area contributed by atoms with E-state index in [9.17, 15) is 41.3 Å². The van der Waals surface area contributed by atoms with Gasteiger partial charge in [0.05, 0.1) is 11.5 Å². The number of alkyl halides is 7. The number of rotatable bonds is 8. The van der Waals surface area contributed by atoms with Crippen LogP contribution in [0.3, 0.4) is 0 Å². The highest BCUT2D eigenvalue weighted by molar-refractivity contribution is 6.18. The fourth-order valence-corrected chi connectivity index (χ4v) is 2.49. The Kier molecular flexibility index (Phi) is 8.54. The highest BCUT2D eigenvalue weighted by atomic mass is 35.5. The van der Waals surface area contributed by atoms with Crippen molar-refractivity contribution < 1.29 is 45.5 Å². The lowest BCUT2D eigenvalue weighted by atomic mass is 10.0. The van der Waals surface area contributed by atoms with Crippen LogP contribution in [0, 0.1) is 16.0 Å². The number of hydrogen-bond donors (Lipinski definition) is 0. The quantitative estimate of drug-likeness (QED) is 0.121. The Bertz CT molecular complexity index is 709. The van der Waals surface area contributed by atoms with Crippen LogP contribution < -0.4 is 4.74 Å². The molecule has 1 aromatic carbocycles. The molecule has 0 aromatic heterocycles. The molecule has 164 valence electrons. The molecule has 1 atom stereocenters. The lowest BCUT2D eigenvalue weighted by Crippen LogP contribution is -2.27. The highest BCUT2D eigenvalue weighted by Gasteiger charge is 2.39. The van der Waals surface area contributed by atoms with Gasteiger partial charge in [0.25, 0.3) is 0 Å². The molecular weight excluding hydrogens is 436 g/mol. The minimum Gasteiger partial charge on any atom is -0.434 e. The monoisotopic (exact) mass is 451 g/mol. The average molecular weight is 452 g/mol. The van der Waals surface area contributed by atoms with Crippen molar-refractivity contribution in [3.05, 3.63) is 33.9 Å². The molecule has 0 radical (unpaired) electrons. The van der Waals surface area contributed by atoms with E-state index < -0.39 is 60.2 Å². The molecule has 0 fully saturated rings.